The van der Waals surface area contributed by atoms with E-state index in [2.05, 4.69) is 11.0 Å². The van der Waals surface area contributed by atoms with Gasteiger partial charge in [0.2, 0.25) is 0 Å². The number of carbonyl (C=O) groups excluding carboxylic acids is 1. The Balaban J connectivity index is 2.02. The third kappa shape index (κ3) is 5.01. The Morgan fingerprint density at radius 1 is 1.16 bits per heavy atom. The molecule has 31 heavy (non-hydrogen) atoms. The Hall–Kier alpha value is -3.44. The van der Waals surface area contributed by atoms with E-state index in [0.29, 0.717) is 28.0 Å². The minimum absolute atomic E-state index is 0.0000715. The van der Waals surface area contributed by atoms with Crippen molar-refractivity contribution in [2.24, 2.45) is 5.10 Å². The topological polar surface area (TPSA) is 51.1 Å². The zero-order valence-electron chi connectivity index (χ0n) is 16.2. The minimum atomic E-state index is -4.83. The van der Waals surface area contributed by atoms with E-state index in [-0.39, 0.29) is 18.0 Å². The SMILES string of the molecule is C#CCOc1ccc(C=C2C(=O)N(c3ccc(Cl)cc3)N=C2C(F)(F)F)cc1OCC. The number of anilines is 1. The summed E-state index contributed by atoms with van der Waals surface area (Å²) >= 11 is 5.81. The van der Waals surface area contributed by atoms with Crippen molar-refractivity contribution in [2.45, 2.75) is 13.1 Å². The maximum atomic E-state index is 13.6. The third-order valence-corrected chi connectivity index (χ3v) is 4.36. The van der Waals surface area contributed by atoms with Gasteiger partial charge >= 0.3 is 6.18 Å². The second-order valence-electron chi connectivity index (χ2n) is 6.23. The summed E-state index contributed by atoms with van der Waals surface area (Å²) in [6, 6.07) is 10.2. The predicted molar refractivity (Wildman–Crippen MR) is 112 cm³/mol. The van der Waals surface area contributed by atoms with Crippen LogP contribution in [-0.2, 0) is 4.79 Å². The molecule has 1 aliphatic heterocycles. The van der Waals surface area contributed by atoms with Crippen LogP contribution in [0.2, 0.25) is 5.02 Å². The molecule has 0 fully saturated rings. The highest BCUT2D eigenvalue weighted by molar-refractivity contribution is 6.34. The van der Waals surface area contributed by atoms with Crippen LogP contribution < -0.4 is 14.5 Å². The van der Waals surface area contributed by atoms with Gasteiger partial charge in [-0.3, -0.25) is 4.79 Å². The van der Waals surface area contributed by atoms with Gasteiger partial charge in [-0.15, -0.1) is 6.42 Å². The normalized spacial score (nSPS) is 15.1. The first kappa shape index (κ1) is 22.2. The van der Waals surface area contributed by atoms with Gasteiger partial charge in [0.05, 0.1) is 17.9 Å². The van der Waals surface area contributed by atoms with E-state index in [0.717, 1.165) is 6.08 Å². The molecule has 0 spiro atoms. The number of alkyl halides is 3. The van der Waals surface area contributed by atoms with Gasteiger partial charge in [0.1, 0.15) is 6.61 Å². The molecule has 0 bridgehead atoms. The molecule has 0 aromatic heterocycles. The van der Waals surface area contributed by atoms with Crippen LogP contribution >= 0.6 is 11.6 Å². The van der Waals surface area contributed by atoms with E-state index in [9.17, 15) is 18.0 Å². The number of amides is 1. The fraction of sp³-hybridized carbons (Fsp3) is 0.182. The van der Waals surface area contributed by atoms with Gasteiger partial charge in [-0.2, -0.15) is 23.3 Å². The second kappa shape index (κ2) is 9.14. The molecule has 160 valence electrons. The summed E-state index contributed by atoms with van der Waals surface area (Å²) in [7, 11) is 0. The number of hydrogen-bond acceptors (Lipinski definition) is 4. The Bertz CT molecular complexity index is 1090. The van der Waals surface area contributed by atoms with E-state index in [4.69, 9.17) is 27.5 Å². The van der Waals surface area contributed by atoms with Crippen LogP contribution in [-0.4, -0.2) is 31.0 Å². The quantitative estimate of drug-likeness (QED) is 0.456. The van der Waals surface area contributed by atoms with Gasteiger partial charge in [-0.25, -0.2) is 0 Å². The lowest BCUT2D eigenvalue weighted by molar-refractivity contribution is -0.114. The Labute approximate surface area is 181 Å². The largest absolute Gasteiger partial charge is 0.490 e. The van der Waals surface area contributed by atoms with Crippen molar-refractivity contribution in [1.82, 2.24) is 0 Å². The lowest BCUT2D eigenvalue weighted by atomic mass is 10.1. The third-order valence-electron chi connectivity index (χ3n) is 4.11. The van der Waals surface area contributed by atoms with Crippen LogP contribution in [0.15, 0.2) is 53.1 Å². The predicted octanol–water partition coefficient (Wildman–Crippen LogP) is 5.10. The van der Waals surface area contributed by atoms with Crippen LogP contribution in [0.25, 0.3) is 6.08 Å². The molecule has 3 rings (SSSR count). The first-order valence-electron chi connectivity index (χ1n) is 9.05. The van der Waals surface area contributed by atoms with Crippen molar-refractivity contribution in [3.63, 3.8) is 0 Å². The number of carbonyl (C=O) groups is 1. The average molecular weight is 449 g/mol. The summed E-state index contributed by atoms with van der Waals surface area (Å²) in [6.45, 7) is 2.04. The molecule has 9 heteroatoms. The smallest absolute Gasteiger partial charge is 0.435 e. The maximum Gasteiger partial charge on any atom is 0.435 e. The summed E-state index contributed by atoms with van der Waals surface area (Å²) < 4.78 is 51.7. The summed E-state index contributed by atoms with van der Waals surface area (Å²) in [5.41, 5.74) is -1.43. The van der Waals surface area contributed by atoms with E-state index >= 15 is 0 Å². The Morgan fingerprint density at radius 2 is 1.87 bits per heavy atom. The number of benzene rings is 2. The van der Waals surface area contributed by atoms with E-state index in [1.807, 2.05) is 0 Å². The molecule has 2 aromatic rings. The van der Waals surface area contributed by atoms with Crippen LogP contribution in [0, 0.1) is 12.3 Å². The first-order chi connectivity index (χ1) is 14.7. The average Bonchev–Trinajstić information content (AvgIpc) is 3.05. The van der Waals surface area contributed by atoms with E-state index in [1.165, 1.54) is 42.5 Å². The molecule has 1 amide bonds. The van der Waals surface area contributed by atoms with Gasteiger partial charge < -0.3 is 9.47 Å². The molecule has 0 aliphatic carbocycles. The zero-order chi connectivity index (χ0) is 22.6. The molecule has 0 saturated heterocycles. The number of ether oxygens (including phenoxy) is 2. The molecule has 1 aliphatic rings. The fourth-order valence-electron chi connectivity index (χ4n) is 2.80. The van der Waals surface area contributed by atoms with E-state index in [1.54, 1.807) is 6.92 Å². The Morgan fingerprint density at radius 3 is 2.48 bits per heavy atom. The first-order valence-corrected chi connectivity index (χ1v) is 9.43. The summed E-state index contributed by atoms with van der Waals surface area (Å²) in [5.74, 6) is 2.04. The van der Waals surface area contributed by atoms with Crippen LogP contribution in [0.4, 0.5) is 18.9 Å². The Kier molecular flexibility index (Phi) is 6.56. The van der Waals surface area contributed by atoms with Crippen LogP contribution in [0.5, 0.6) is 11.5 Å². The number of halogens is 4. The lowest BCUT2D eigenvalue weighted by Crippen LogP contribution is -2.25. The molecule has 0 N–H and O–H groups in total. The molecule has 2 aromatic carbocycles. The summed E-state index contributed by atoms with van der Waals surface area (Å²) in [6.07, 6.45) is 1.46. The molecule has 0 saturated carbocycles. The fourth-order valence-corrected chi connectivity index (χ4v) is 2.93. The molecular weight excluding hydrogens is 433 g/mol. The number of hydrogen-bond donors (Lipinski definition) is 0. The molecular formula is C22H16ClF3N2O3. The van der Waals surface area contributed by atoms with Gasteiger partial charge in [-0.05, 0) is 55.0 Å². The summed E-state index contributed by atoms with van der Waals surface area (Å²) in [4.78, 5) is 12.8. The molecule has 0 unspecified atom stereocenters. The van der Waals surface area contributed by atoms with Crippen molar-refractivity contribution in [1.29, 1.82) is 0 Å². The minimum Gasteiger partial charge on any atom is -0.490 e. The highest BCUT2D eigenvalue weighted by Crippen LogP contribution is 2.34. The number of terminal acetylenes is 1. The highest BCUT2D eigenvalue weighted by atomic mass is 35.5. The molecule has 5 nitrogen and oxygen atoms in total. The number of nitrogens with zero attached hydrogens (tertiary/aromatic N) is 2. The molecule has 0 radical (unpaired) electrons. The van der Waals surface area contributed by atoms with Crippen molar-refractivity contribution >= 4 is 35.0 Å². The lowest BCUT2D eigenvalue weighted by Gasteiger charge is -2.12. The number of rotatable bonds is 6. The van der Waals surface area contributed by atoms with Gasteiger partial charge in [0.15, 0.2) is 17.2 Å². The van der Waals surface area contributed by atoms with E-state index < -0.39 is 23.4 Å². The van der Waals surface area contributed by atoms with Crippen LogP contribution in [0.3, 0.4) is 0 Å². The van der Waals surface area contributed by atoms with Gasteiger partial charge in [0.25, 0.3) is 5.91 Å². The maximum absolute atomic E-state index is 13.6. The van der Waals surface area contributed by atoms with Gasteiger partial charge in [-0.1, -0.05) is 23.6 Å². The highest BCUT2D eigenvalue weighted by Gasteiger charge is 2.46. The van der Waals surface area contributed by atoms with Crippen molar-refractivity contribution in [3.05, 3.63) is 58.6 Å². The standard InChI is InChI=1S/C22H16ClF3N2O3/c1-3-11-31-18-10-5-14(13-19(18)30-4-2)12-17-20(22(24,25)26)27-28(21(17)29)16-8-6-15(23)7-9-16/h1,5-10,12-13H,4,11H2,2H3. The van der Waals surface area contributed by atoms with Crippen LogP contribution in [0.1, 0.15) is 12.5 Å². The molecule has 1 heterocycles. The van der Waals surface area contributed by atoms with Gasteiger partial charge in [0, 0.05) is 5.02 Å². The van der Waals surface area contributed by atoms with Crippen molar-refractivity contribution in [3.8, 4) is 23.8 Å². The van der Waals surface area contributed by atoms with Crippen molar-refractivity contribution in [2.75, 3.05) is 18.2 Å². The number of hydrazone groups is 1. The summed E-state index contributed by atoms with van der Waals surface area (Å²) in [5, 5.41) is 4.59. The van der Waals surface area contributed by atoms with Crippen molar-refractivity contribution < 1.29 is 27.4 Å². The second-order valence-corrected chi connectivity index (χ2v) is 6.67. The molecule has 0 atom stereocenters. The monoisotopic (exact) mass is 448 g/mol. The zero-order valence-corrected chi connectivity index (χ0v) is 17.0.